The summed E-state index contributed by atoms with van der Waals surface area (Å²) < 4.78 is 17.2. The second-order valence-electron chi connectivity index (χ2n) is 3.97. The zero-order valence-corrected chi connectivity index (χ0v) is 10.5. The number of hydrogen-bond acceptors (Lipinski definition) is 4. The summed E-state index contributed by atoms with van der Waals surface area (Å²) in [4.78, 5) is 28.1. The topological polar surface area (TPSA) is 59.5 Å². The largest absolute Gasteiger partial charge is 0.468 e. The highest BCUT2D eigenvalue weighted by atomic mass is 19.1. The molecule has 18 heavy (non-hydrogen) atoms. The summed E-state index contributed by atoms with van der Waals surface area (Å²) in [5.41, 5.74) is 0.231. The van der Waals surface area contributed by atoms with Crippen LogP contribution in [0.3, 0.4) is 0 Å². The van der Waals surface area contributed by atoms with E-state index in [2.05, 4.69) is 9.72 Å². The lowest BCUT2D eigenvalue weighted by Gasteiger charge is -2.25. The maximum atomic E-state index is 12.7. The van der Waals surface area contributed by atoms with Crippen LogP contribution >= 0.6 is 0 Å². The predicted molar refractivity (Wildman–Crippen MR) is 62.4 cm³/mol. The molecule has 0 bridgehead atoms. The van der Waals surface area contributed by atoms with E-state index in [1.54, 1.807) is 13.8 Å². The summed E-state index contributed by atoms with van der Waals surface area (Å²) in [7, 11) is 1.25. The van der Waals surface area contributed by atoms with Crippen LogP contribution in [0.5, 0.6) is 0 Å². The number of carbonyl (C=O) groups is 2. The van der Waals surface area contributed by atoms with E-state index in [1.807, 2.05) is 0 Å². The molecule has 5 nitrogen and oxygen atoms in total. The van der Waals surface area contributed by atoms with Crippen LogP contribution in [0.15, 0.2) is 18.3 Å². The van der Waals surface area contributed by atoms with E-state index in [0.717, 1.165) is 12.3 Å². The molecule has 0 unspecified atom stereocenters. The van der Waals surface area contributed by atoms with Crippen molar-refractivity contribution in [2.45, 2.75) is 19.9 Å². The number of amides is 1. The van der Waals surface area contributed by atoms with Crippen LogP contribution in [0.25, 0.3) is 0 Å². The molecule has 1 heterocycles. The standard InChI is InChI=1S/C12H15FN2O3/c1-8(2)15(7-11(16)18-3)12(17)9-4-5-10(13)14-6-9/h4-6,8H,7H2,1-3H3. The van der Waals surface area contributed by atoms with Gasteiger partial charge in [-0.05, 0) is 26.0 Å². The van der Waals surface area contributed by atoms with Crippen molar-refractivity contribution in [3.8, 4) is 0 Å². The Morgan fingerprint density at radius 3 is 2.56 bits per heavy atom. The minimum absolute atomic E-state index is 0.148. The Hall–Kier alpha value is -1.98. The van der Waals surface area contributed by atoms with Gasteiger partial charge in [-0.25, -0.2) is 4.98 Å². The van der Waals surface area contributed by atoms with Crippen LogP contribution in [0, 0.1) is 5.95 Å². The lowest BCUT2D eigenvalue weighted by atomic mass is 10.2. The first-order chi connectivity index (χ1) is 8.45. The van der Waals surface area contributed by atoms with E-state index in [-0.39, 0.29) is 24.1 Å². The van der Waals surface area contributed by atoms with Crippen molar-refractivity contribution in [1.82, 2.24) is 9.88 Å². The Bertz CT molecular complexity index is 431. The van der Waals surface area contributed by atoms with Gasteiger partial charge in [0.25, 0.3) is 5.91 Å². The Balaban J connectivity index is 2.89. The second kappa shape index (κ2) is 6.09. The van der Waals surface area contributed by atoms with E-state index in [4.69, 9.17) is 0 Å². The summed E-state index contributed by atoms with van der Waals surface area (Å²) >= 11 is 0. The Morgan fingerprint density at radius 2 is 2.11 bits per heavy atom. The average Bonchev–Trinajstić information content (AvgIpc) is 2.35. The van der Waals surface area contributed by atoms with E-state index >= 15 is 0 Å². The Labute approximate surface area is 105 Å². The van der Waals surface area contributed by atoms with Crippen molar-refractivity contribution in [1.29, 1.82) is 0 Å². The molecule has 1 aromatic rings. The van der Waals surface area contributed by atoms with Crippen LogP contribution in [0.1, 0.15) is 24.2 Å². The van der Waals surface area contributed by atoms with Gasteiger partial charge in [0.2, 0.25) is 5.95 Å². The first-order valence-corrected chi connectivity index (χ1v) is 5.45. The van der Waals surface area contributed by atoms with Gasteiger partial charge in [0.15, 0.2) is 0 Å². The molecular formula is C12H15FN2O3. The Morgan fingerprint density at radius 1 is 1.44 bits per heavy atom. The van der Waals surface area contributed by atoms with Gasteiger partial charge in [0.1, 0.15) is 6.54 Å². The minimum Gasteiger partial charge on any atom is -0.468 e. The summed E-state index contributed by atoms with van der Waals surface area (Å²) in [6.07, 6.45) is 1.14. The number of carbonyl (C=O) groups excluding carboxylic acids is 2. The van der Waals surface area contributed by atoms with E-state index in [1.165, 1.54) is 18.1 Å². The van der Waals surface area contributed by atoms with E-state index < -0.39 is 11.9 Å². The van der Waals surface area contributed by atoms with Crippen molar-refractivity contribution < 1.29 is 18.7 Å². The highest BCUT2D eigenvalue weighted by Gasteiger charge is 2.22. The zero-order chi connectivity index (χ0) is 13.7. The maximum Gasteiger partial charge on any atom is 0.325 e. The number of esters is 1. The van der Waals surface area contributed by atoms with Crippen molar-refractivity contribution >= 4 is 11.9 Å². The normalized spacial score (nSPS) is 10.3. The van der Waals surface area contributed by atoms with Gasteiger partial charge in [0.05, 0.1) is 12.7 Å². The van der Waals surface area contributed by atoms with Gasteiger partial charge in [-0.1, -0.05) is 0 Å². The smallest absolute Gasteiger partial charge is 0.325 e. The molecule has 0 aliphatic heterocycles. The fourth-order valence-corrected chi connectivity index (χ4v) is 1.36. The van der Waals surface area contributed by atoms with Crippen molar-refractivity contribution in [3.63, 3.8) is 0 Å². The highest BCUT2D eigenvalue weighted by Crippen LogP contribution is 2.08. The molecule has 1 aromatic heterocycles. The third-order valence-electron chi connectivity index (χ3n) is 2.39. The summed E-state index contributed by atoms with van der Waals surface area (Å²) in [5.74, 6) is -1.55. The van der Waals surface area contributed by atoms with Crippen molar-refractivity contribution in [3.05, 3.63) is 29.8 Å². The third kappa shape index (κ3) is 3.51. The number of nitrogens with zero attached hydrogens (tertiary/aromatic N) is 2. The number of pyridine rings is 1. The van der Waals surface area contributed by atoms with Crippen LogP contribution < -0.4 is 0 Å². The number of ether oxygens (including phenoxy) is 1. The number of hydrogen-bond donors (Lipinski definition) is 0. The molecule has 98 valence electrons. The summed E-state index contributed by atoms with van der Waals surface area (Å²) in [6.45, 7) is 3.40. The fourth-order valence-electron chi connectivity index (χ4n) is 1.36. The maximum absolute atomic E-state index is 12.7. The van der Waals surface area contributed by atoms with Crippen LogP contribution in [0.2, 0.25) is 0 Å². The van der Waals surface area contributed by atoms with Crippen molar-refractivity contribution in [2.75, 3.05) is 13.7 Å². The predicted octanol–water partition coefficient (Wildman–Crippen LogP) is 1.24. The molecule has 0 N–H and O–H groups in total. The monoisotopic (exact) mass is 254 g/mol. The number of rotatable bonds is 4. The van der Waals surface area contributed by atoms with Gasteiger partial charge < -0.3 is 9.64 Å². The molecule has 0 aliphatic carbocycles. The van der Waals surface area contributed by atoms with Gasteiger partial charge in [-0.3, -0.25) is 9.59 Å². The van der Waals surface area contributed by atoms with Crippen LogP contribution in [-0.4, -0.2) is 41.5 Å². The molecule has 0 saturated heterocycles. The van der Waals surface area contributed by atoms with Crippen LogP contribution in [-0.2, 0) is 9.53 Å². The summed E-state index contributed by atoms with van der Waals surface area (Å²) in [6, 6.07) is 2.25. The first-order valence-electron chi connectivity index (χ1n) is 5.45. The minimum atomic E-state index is -0.657. The van der Waals surface area contributed by atoms with Crippen LogP contribution in [0.4, 0.5) is 4.39 Å². The molecule has 0 radical (unpaired) electrons. The average molecular weight is 254 g/mol. The van der Waals surface area contributed by atoms with Gasteiger partial charge in [-0.15, -0.1) is 0 Å². The Kier molecular flexibility index (Phi) is 4.76. The summed E-state index contributed by atoms with van der Waals surface area (Å²) in [5, 5.41) is 0. The number of halogens is 1. The molecule has 6 heteroatoms. The quantitative estimate of drug-likeness (QED) is 0.599. The molecular weight excluding hydrogens is 239 g/mol. The molecule has 0 spiro atoms. The van der Waals surface area contributed by atoms with E-state index in [0.29, 0.717) is 0 Å². The molecule has 0 saturated carbocycles. The number of aromatic nitrogens is 1. The van der Waals surface area contributed by atoms with Gasteiger partial charge in [0, 0.05) is 12.2 Å². The molecule has 0 aromatic carbocycles. The zero-order valence-electron chi connectivity index (χ0n) is 10.5. The van der Waals surface area contributed by atoms with Crippen molar-refractivity contribution in [2.24, 2.45) is 0 Å². The van der Waals surface area contributed by atoms with E-state index in [9.17, 15) is 14.0 Å². The first kappa shape index (κ1) is 14.1. The molecule has 0 aliphatic rings. The fraction of sp³-hybridized carbons (Fsp3) is 0.417. The van der Waals surface area contributed by atoms with Gasteiger partial charge >= 0.3 is 5.97 Å². The molecule has 1 amide bonds. The number of methoxy groups -OCH3 is 1. The van der Waals surface area contributed by atoms with Gasteiger partial charge in [-0.2, -0.15) is 4.39 Å². The molecule has 0 fully saturated rings. The lowest BCUT2D eigenvalue weighted by molar-refractivity contribution is -0.141. The SMILES string of the molecule is COC(=O)CN(C(=O)c1ccc(F)nc1)C(C)C. The molecule has 0 atom stereocenters. The molecule has 1 rings (SSSR count). The highest BCUT2D eigenvalue weighted by molar-refractivity contribution is 5.95. The lowest BCUT2D eigenvalue weighted by Crippen LogP contribution is -2.41. The third-order valence-corrected chi connectivity index (χ3v) is 2.39. The second-order valence-corrected chi connectivity index (χ2v) is 3.97.